The van der Waals surface area contributed by atoms with Crippen molar-refractivity contribution < 1.29 is 9.21 Å². The first-order valence-electron chi connectivity index (χ1n) is 10.1. The standard InChI is InChI=1S/C20H30N4O2/c25-18-13-20(14-22-18)9-4-11-24(15-20)19(23-16-5-1-2-6-16)21-10-8-17-7-3-12-26-17/h3,7,12,16H,1-2,4-6,8-11,13-15H2,(H,21,23)(H,22,25). The maximum Gasteiger partial charge on any atom is 0.220 e. The van der Waals surface area contributed by atoms with Crippen molar-refractivity contribution in [2.45, 2.75) is 57.4 Å². The molecule has 2 aliphatic heterocycles. The number of hydrogen-bond donors (Lipinski definition) is 2. The SMILES string of the molecule is O=C1CC2(CCCN(C(=NCCc3ccco3)NC3CCCC3)C2)CN1. The molecular formula is C20H30N4O2. The molecule has 3 heterocycles. The molecule has 1 aromatic rings. The Kier molecular flexibility index (Phi) is 5.18. The van der Waals surface area contributed by atoms with E-state index >= 15 is 0 Å². The molecule has 1 atom stereocenters. The van der Waals surface area contributed by atoms with Gasteiger partial charge in [-0.2, -0.15) is 0 Å². The number of piperidine rings is 1. The van der Waals surface area contributed by atoms with Gasteiger partial charge in [-0.1, -0.05) is 12.8 Å². The lowest BCUT2D eigenvalue weighted by Crippen LogP contribution is -2.53. The molecule has 2 saturated heterocycles. The van der Waals surface area contributed by atoms with Crippen LogP contribution >= 0.6 is 0 Å². The lowest BCUT2D eigenvalue weighted by Gasteiger charge is -2.41. The molecule has 1 saturated carbocycles. The maximum atomic E-state index is 11.8. The van der Waals surface area contributed by atoms with Crippen LogP contribution in [0.4, 0.5) is 0 Å². The summed E-state index contributed by atoms with van der Waals surface area (Å²) in [6, 6.07) is 4.47. The van der Waals surface area contributed by atoms with Crippen molar-refractivity contribution in [3.05, 3.63) is 24.2 Å². The second kappa shape index (κ2) is 7.72. The van der Waals surface area contributed by atoms with Gasteiger partial charge in [-0.25, -0.2) is 0 Å². The number of carbonyl (C=O) groups is 1. The van der Waals surface area contributed by atoms with Crippen LogP contribution in [-0.4, -0.2) is 49.0 Å². The fourth-order valence-corrected chi connectivity index (χ4v) is 4.65. The van der Waals surface area contributed by atoms with Crippen molar-refractivity contribution in [3.63, 3.8) is 0 Å². The van der Waals surface area contributed by atoms with Crippen LogP contribution in [0.2, 0.25) is 0 Å². The topological polar surface area (TPSA) is 69.9 Å². The highest BCUT2D eigenvalue weighted by molar-refractivity contribution is 5.82. The van der Waals surface area contributed by atoms with Gasteiger partial charge in [0.2, 0.25) is 5.91 Å². The van der Waals surface area contributed by atoms with Crippen LogP contribution in [0.5, 0.6) is 0 Å². The molecule has 1 aromatic heterocycles. The first kappa shape index (κ1) is 17.4. The first-order valence-corrected chi connectivity index (χ1v) is 10.1. The third-order valence-electron chi connectivity index (χ3n) is 6.05. The van der Waals surface area contributed by atoms with Crippen LogP contribution in [0.3, 0.4) is 0 Å². The summed E-state index contributed by atoms with van der Waals surface area (Å²) in [5.74, 6) is 2.21. The zero-order valence-corrected chi connectivity index (χ0v) is 15.5. The summed E-state index contributed by atoms with van der Waals surface area (Å²) in [5, 5.41) is 6.76. The Morgan fingerprint density at radius 2 is 2.27 bits per heavy atom. The molecule has 0 radical (unpaired) electrons. The normalized spacial score (nSPS) is 27.3. The highest BCUT2D eigenvalue weighted by Gasteiger charge is 2.42. The van der Waals surface area contributed by atoms with E-state index in [1.807, 2.05) is 12.1 Å². The maximum absolute atomic E-state index is 11.8. The number of nitrogens with one attached hydrogen (secondary N) is 2. The number of guanidine groups is 1. The number of rotatable bonds is 4. The molecule has 2 N–H and O–H groups in total. The summed E-state index contributed by atoms with van der Waals surface area (Å²) in [5.41, 5.74) is 0.0917. The van der Waals surface area contributed by atoms with Gasteiger partial charge >= 0.3 is 0 Å². The second-order valence-corrected chi connectivity index (χ2v) is 8.14. The molecule has 1 amide bonds. The zero-order chi connectivity index (χ0) is 17.8. The molecule has 6 nitrogen and oxygen atoms in total. The van der Waals surface area contributed by atoms with Crippen LogP contribution in [0.1, 0.15) is 50.7 Å². The Morgan fingerprint density at radius 3 is 3.00 bits per heavy atom. The first-order chi connectivity index (χ1) is 12.7. The van der Waals surface area contributed by atoms with Gasteiger partial charge in [-0.15, -0.1) is 0 Å². The molecule has 26 heavy (non-hydrogen) atoms. The van der Waals surface area contributed by atoms with Crippen molar-refractivity contribution >= 4 is 11.9 Å². The van der Waals surface area contributed by atoms with Gasteiger partial charge in [0.15, 0.2) is 5.96 Å². The fraction of sp³-hybridized carbons (Fsp3) is 0.700. The predicted molar refractivity (Wildman–Crippen MR) is 101 cm³/mol. The number of furan rings is 1. The quantitative estimate of drug-likeness (QED) is 0.640. The number of carbonyl (C=O) groups excluding carboxylic acids is 1. The zero-order valence-electron chi connectivity index (χ0n) is 15.5. The van der Waals surface area contributed by atoms with Crippen LogP contribution < -0.4 is 10.6 Å². The van der Waals surface area contributed by atoms with Crippen LogP contribution in [-0.2, 0) is 11.2 Å². The molecule has 1 aliphatic carbocycles. The molecule has 3 aliphatic rings. The monoisotopic (exact) mass is 358 g/mol. The Bertz CT molecular complexity index is 636. The third kappa shape index (κ3) is 4.05. The molecule has 4 rings (SSSR count). The summed E-state index contributed by atoms with van der Waals surface area (Å²) in [4.78, 5) is 19.1. The van der Waals surface area contributed by atoms with E-state index in [2.05, 4.69) is 15.5 Å². The average Bonchev–Trinajstić information content (AvgIpc) is 3.38. The van der Waals surface area contributed by atoms with Gasteiger partial charge in [0.25, 0.3) is 0 Å². The molecule has 0 aromatic carbocycles. The van der Waals surface area contributed by atoms with Crippen molar-refractivity contribution in [2.75, 3.05) is 26.2 Å². The van der Waals surface area contributed by atoms with E-state index in [-0.39, 0.29) is 11.3 Å². The van der Waals surface area contributed by atoms with E-state index in [1.165, 1.54) is 25.7 Å². The predicted octanol–water partition coefficient (Wildman–Crippen LogP) is 2.31. The minimum atomic E-state index is 0.0917. The highest BCUT2D eigenvalue weighted by Crippen LogP contribution is 2.36. The molecule has 0 bridgehead atoms. The van der Waals surface area contributed by atoms with Gasteiger partial charge in [-0.05, 0) is 37.8 Å². The van der Waals surface area contributed by atoms with Gasteiger partial charge < -0.3 is 20.0 Å². The molecule has 142 valence electrons. The van der Waals surface area contributed by atoms with E-state index in [9.17, 15) is 4.79 Å². The number of nitrogens with zero attached hydrogens (tertiary/aromatic N) is 2. The average molecular weight is 358 g/mol. The molecule has 1 spiro atoms. The minimum absolute atomic E-state index is 0.0917. The molecule has 1 unspecified atom stereocenters. The summed E-state index contributed by atoms with van der Waals surface area (Å²) in [7, 11) is 0. The summed E-state index contributed by atoms with van der Waals surface area (Å²) in [6.45, 7) is 3.48. The second-order valence-electron chi connectivity index (χ2n) is 8.14. The van der Waals surface area contributed by atoms with Crippen LogP contribution in [0, 0.1) is 5.41 Å². The molecule has 3 fully saturated rings. The minimum Gasteiger partial charge on any atom is -0.469 e. The van der Waals surface area contributed by atoms with Gasteiger partial charge in [0, 0.05) is 50.5 Å². The van der Waals surface area contributed by atoms with E-state index in [0.29, 0.717) is 12.5 Å². The van der Waals surface area contributed by atoms with Crippen LogP contribution in [0.15, 0.2) is 27.8 Å². The van der Waals surface area contributed by atoms with Gasteiger partial charge in [-0.3, -0.25) is 9.79 Å². The largest absolute Gasteiger partial charge is 0.469 e. The number of amides is 1. The number of aliphatic imine (C=N–C) groups is 1. The molecular weight excluding hydrogens is 328 g/mol. The van der Waals surface area contributed by atoms with Crippen molar-refractivity contribution in [3.8, 4) is 0 Å². The van der Waals surface area contributed by atoms with Gasteiger partial charge in [0.05, 0.1) is 6.26 Å². The fourth-order valence-electron chi connectivity index (χ4n) is 4.65. The van der Waals surface area contributed by atoms with Crippen LogP contribution in [0.25, 0.3) is 0 Å². The smallest absolute Gasteiger partial charge is 0.220 e. The third-order valence-corrected chi connectivity index (χ3v) is 6.05. The number of likely N-dealkylation sites (tertiary alicyclic amines) is 1. The summed E-state index contributed by atoms with van der Waals surface area (Å²) < 4.78 is 5.43. The van der Waals surface area contributed by atoms with Gasteiger partial charge in [0.1, 0.15) is 5.76 Å². The Hall–Kier alpha value is -1.98. The van der Waals surface area contributed by atoms with Crippen molar-refractivity contribution in [2.24, 2.45) is 10.4 Å². The molecule has 6 heteroatoms. The Labute approximate surface area is 155 Å². The van der Waals surface area contributed by atoms with Crippen molar-refractivity contribution in [1.29, 1.82) is 0 Å². The van der Waals surface area contributed by atoms with Crippen molar-refractivity contribution in [1.82, 2.24) is 15.5 Å². The van der Waals surface area contributed by atoms with E-state index < -0.39 is 0 Å². The van der Waals surface area contributed by atoms with E-state index in [4.69, 9.17) is 9.41 Å². The summed E-state index contributed by atoms with van der Waals surface area (Å²) in [6.07, 6.45) is 10.5. The number of hydrogen-bond acceptors (Lipinski definition) is 3. The Balaban J connectivity index is 1.44. The van der Waals surface area contributed by atoms with E-state index in [1.54, 1.807) is 6.26 Å². The Morgan fingerprint density at radius 1 is 1.38 bits per heavy atom. The lowest BCUT2D eigenvalue weighted by molar-refractivity contribution is -0.119. The summed E-state index contributed by atoms with van der Waals surface area (Å²) >= 11 is 0. The van der Waals surface area contributed by atoms with E-state index in [0.717, 1.165) is 57.2 Å². The highest BCUT2D eigenvalue weighted by atomic mass is 16.3. The lowest BCUT2D eigenvalue weighted by atomic mass is 9.79.